The van der Waals surface area contributed by atoms with E-state index in [1.54, 1.807) is 0 Å². The Bertz CT molecular complexity index is 384. The molecule has 1 fully saturated rings. The number of benzene rings is 1. The van der Waals surface area contributed by atoms with E-state index in [1.165, 1.54) is 12.0 Å². The highest BCUT2D eigenvalue weighted by atomic mass is 15.0. The molecule has 1 aliphatic carbocycles. The molecule has 1 saturated carbocycles. The maximum Gasteiger partial charge on any atom is 0.0160 e. The van der Waals surface area contributed by atoms with Crippen LogP contribution in [0.15, 0.2) is 30.3 Å². The molecule has 1 heteroatoms. The molecule has 1 N–H and O–H groups in total. The van der Waals surface area contributed by atoms with Crippen molar-refractivity contribution in [1.29, 1.82) is 0 Å². The van der Waals surface area contributed by atoms with Crippen LogP contribution in [0, 0.1) is 17.3 Å². The van der Waals surface area contributed by atoms with Crippen LogP contribution in [0.25, 0.3) is 0 Å². The molecule has 1 aromatic carbocycles. The zero-order chi connectivity index (χ0) is 13.3. The summed E-state index contributed by atoms with van der Waals surface area (Å²) >= 11 is 0. The number of hydrogen-bond donors (Lipinski definition) is 1. The van der Waals surface area contributed by atoms with Crippen molar-refractivity contribution >= 4 is 0 Å². The van der Waals surface area contributed by atoms with Crippen LogP contribution in [-0.4, -0.2) is 13.1 Å². The Morgan fingerprint density at radius 3 is 2.28 bits per heavy atom. The molecule has 18 heavy (non-hydrogen) atoms. The molecule has 1 nitrogen and oxygen atoms in total. The molecule has 0 aromatic heterocycles. The van der Waals surface area contributed by atoms with Gasteiger partial charge in [0.15, 0.2) is 0 Å². The maximum atomic E-state index is 3.57. The number of rotatable bonds is 4. The van der Waals surface area contributed by atoms with Crippen molar-refractivity contribution in [2.24, 2.45) is 17.3 Å². The quantitative estimate of drug-likeness (QED) is 0.843. The summed E-state index contributed by atoms with van der Waals surface area (Å²) in [7, 11) is 2.12. The van der Waals surface area contributed by atoms with Crippen molar-refractivity contribution in [2.75, 3.05) is 7.05 Å². The Morgan fingerprint density at radius 1 is 1.22 bits per heavy atom. The highest BCUT2D eigenvalue weighted by Crippen LogP contribution is 2.60. The molecule has 0 spiro atoms. The lowest BCUT2D eigenvalue weighted by molar-refractivity contribution is -0.0500. The van der Waals surface area contributed by atoms with E-state index in [-0.39, 0.29) is 0 Å². The minimum absolute atomic E-state index is 0.394. The zero-order valence-electron chi connectivity index (χ0n) is 12.4. The van der Waals surface area contributed by atoms with Gasteiger partial charge in [-0.2, -0.15) is 0 Å². The largest absolute Gasteiger partial charge is 0.316 e. The zero-order valence-corrected chi connectivity index (χ0v) is 12.4. The Morgan fingerprint density at radius 2 is 1.83 bits per heavy atom. The summed E-state index contributed by atoms with van der Waals surface area (Å²) in [5.74, 6) is 2.18. The van der Waals surface area contributed by atoms with Crippen molar-refractivity contribution in [2.45, 2.75) is 46.1 Å². The van der Waals surface area contributed by atoms with Crippen molar-refractivity contribution in [3.63, 3.8) is 0 Å². The third-order valence-electron chi connectivity index (χ3n) is 5.19. The molecule has 100 valence electrons. The Kier molecular flexibility index (Phi) is 3.82. The molecule has 0 aliphatic heterocycles. The summed E-state index contributed by atoms with van der Waals surface area (Å²) < 4.78 is 0. The molecule has 0 amide bonds. The van der Waals surface area contributed by atoms with E-state index < -0.39 is 0 Å². The average molecular weight is 245 g/mol. The SMILES string of the molecule is CCC1(C)C(NC)C(C(C)C)C1c1ccccc1. The predicted octanol–water partition coefficient (Wildman–Crippen LogP) is 4.06. The third-order valence-corrected chi connectivity index (χ3v) is 5.19. The maximum absolute atomic E-state index is 3.57. The van der Waals surface area contributed by atoms with E-state index in [9.17, 15) is 0 Å². The van der Waals surface area contributed by atoms with E-state index in [4.69, 9.17) is 0 Å². The van der Waals surface area contributed by atoms with Gasteiger partial charge in [-0.05, 0) is 42.2 Å². The van der Waals surface area contributed by atoms with Crippen LogP contribution in [0.2, 0.25) is 0 Å². The number of hydrogen-bond acceptors (Lipinski definition) is 1. The lowest BCUT2D eigenvalue weighted by Gasteiger charge is -2.62. The summed E-state index contributed by atoms with van der Waals surface area (Å²) in [6.45, 7) is 9.50. The standard InChI is InChI=1S/C17H27N/c1-6-17(4)15(13-10-8-7-9-11-13)14(12(2)3)16(17)18-5/h7-12,14-16,18H,6H2,1-5H3. The van der Waals surface area contributed by atoms with Crippen molar-refractivity contribution in [3.05, 3.63) is 35.9 Å². The molecule has 4 atom stereocenters. The first-order valence-electron chi connectivity index (χ1n) is 7.28. The fraction of sp³-hybridized carbons (Fsp3) is 0.647. The Balaban J connectivity index is 2.36. The van der Waals surface area contributed by atoms with Gasteiger partial charge in [0.1, 0.15) is 0 Å². The first-order valence-corrected chi connectivity index (χ1v) is 7.28. The van der Waals surface area contributed by atoms with E-state index in [2.05, 4.69) is 70.4 Å². The molecule has 0 saturated heterocycles. The molecule has 1 aromatic rings. The van der Waals surface area contributed by atoms with Gasteiger partial charge in [0.25, 0.3) is 0 Å². The first kappa shape index (κ1) is 13.6. The van der Waals surface area contributed by atoms with Crippen LogP contribution in [0.3, 0.4) is 0 Å². The van der Waals surface area contributed by atoms with Crippen LogP contribution < -0.4 is 5.32 Å². The van der Waals surface area contributed by atoms with Gasteiger partial charge in [-0.15, -0.1) is 0 Å². The lowest BCUT2D eigenvalue weighted by Crippen LogP contribution is -2.64. The second-order valence-electron chi connectivity index (χ2n) is 6.34. The van der Waals surface area contributed by atoms with Crippen LogP contribution in [0.1, 0.15) is 45.6 Å². The summed E-state index contributed by atoms with van der Waals surface area (Å²) in [5, 5.41) is 3.57. The second-order valence-corrected chi connectivity index (χ2v) is 6.34. The highest BCUT2D eigenvalue weighted by molar-refractivity contribution is 5.30. The van der Waals surface area contributed by atoms with E-state index in [1.807, 2.05) is 0 Å². The van der Waals surface area contributed by atoms with E-state index >= 15 is 0 Å². The van der Waals surface area contributed by atoms with Crippen molar-refractivity contribution < 1.29 is 0 Å². The summed E-state index contributed by atoms with van der Waals surface area (Å²) in [6.07, 6.45) is 1.24. The Hall–Kier alpha value is -0.820. The molecular weight excluding hydrogens is 218 g/mol. The van der Waals surface area contributed by atoms with Gasteiger partial charge in [0, 0.05) is 6.04 Å². The van der Waals surface area contributed by atoms with E-state index in [0.717, 1.165) is 11.8 Å². The van der Waals surface area contributed by atoms with Crippen LogP contribution in [0.5, 0.6) is 0 Å². The fourth-order valence-corrected chi connectivity index (χ4v) is 4.14. The molecule has 4 unspecified atom stereocenters. The Labute approximate surface area is 112 Å². The van der Waals surface area contributed by atoms with Crippen LogP contribution >= 0.6 is 0 Å². The molecule has 1 aliphatic rings. The smallest absolute Gasteiger partial charge is 0.0160 e. The summed E-state index contributed by atoms with van der Waals surface area (Å²) in [6, 6.07) is 11.7. The summed E-state index contributed by atoms with van der Waals surface area (Å²) in [4.78, 5) is 0. The second kappa shape index (κ2) is 5.05. The van der Waals surface area contributed by atoms with Crippen LogP contribution in [0.4, 0.5) is 0 Å². The summed E-state index contributed by atoms with van der Waals surface area (Å²) in [5.41, 5.74) is 1.91. The normalized spacial score (nSPS) is 35.6. The van der Waals surface area contributed by atoms with Gasteiger partial charge < -0.3 is 5.32 Å². The topological polar surface area (TPSA) is 12.0 Å². The number of nitrogens with one attached hydrogen (secondary N) is 1. The van der Waals surface area contributed by atoms with Crippen LogP contribution in [-0.2, 0) is 0 Å². The highest BCUT2D eigenvalue weighted by Gasteiger charge is 2.58. The predicted molar refractivity (Wildman–Crippen MR) is 78.8 cm³/mol. The molecule has 0 bridgehead atoms. The third kappa shape index (κ3) is 1.89. The van der Waals surface area contributed by atoms with Crippen molar-refractivity contribution in [3.8, 4) is 0 Å². The molecule has 2 rings (SSSR count). The minimum Gasteiger partial charge on any atom is -0.316 e. The monoisotopic (exact) mass is 245 g/mol. The molecule has 0 heterocycles. The molecular formula is C17H27N. The fourth-order valence-electron chi connectivity index (χ4n) is 4.14. The van der Waals surface area contributed by atoms with Gasteiger partial charge in [0.05, 0.1) is 0 Å². The molecule has 0 radical (unpaired) electrons. The average Bonchev–Trinajstić information content (AvgIpc) is 2.37. The van der Waals surface area contributed by atoms with E-state index in [0.29, 0.717) is 17.4 Å². The minimum atomic E-state index is 0.394. The first-order chi connectivity index (χ1) is 8.56. The van der Waals surface area contributed by atoms with Gasteiger partial charge in [0.2, 0.25) is 0 Å². The van der Waals surface area contributed by atoms with Gasteiger partial charge in [-0.1, -0.05) is 58.0 Å². The van der Waals surface area contributed by atoms with Gasteiger partial charge in [-0.3, -0.25) is 0 Å². The van der Waals surface area contributed by atoms with Crippen molar-refractivity contribution in [1.82, 2.24) is 5.32 Å². The van der Waals surface area contributed by atoms with Gasteiger partial charge in [-0.25, -0.2) is 0 Å². The van der Waals surface area contributed by atoms with Gasteiger partial charge >= 0.3 is 0 Å². The lowest BCUT2D eigenvalue weighted by atomic mass is 9.45.